The average molecular weight is 521 g/mol. The number of aliphatic hydroxyl groups is 1. The van der Waals surface area contributed by atoms with Crippen molar-refractivity contribution < 1.29 is 24.2 Å². The van der Waals surface area contributed by atoms with Crippen molar-refractivity contribution in [2.45, 2.75) is 105 Å². The lowest BCUT2D eigenvalue weighted by Gasteiger charge is -2.29. The molecular weight excluding hydrogens is 468 g/mol. The number of esters is 1. The van der Waals surface area contributed by atoms with E-state index in [1.54, 1.807) is 6.92 Å². The van der Waals surface area contributed by atoms with E-state index in [4.69, 9.17) is 15.2 Å². The first-order valence-electron chi connectivity index (χ1n) is 13.9. The molecule has 4 N–H and O–H groups in total. The Bertz CT molecular complexity index is 834. The predicted molar refractivity (Wildman–Crippen MR) is 150 cm³/mol. The van der Waals surface area contributed by atoms with E-state index >= 15 is 0 Å². The highest BCUT2D eigenvalue weighted by Crippen LogP contribution is 2.33. The van der Waals surface area contributed by atoms with E-state index in [-0.39, 0.29) is 29.8 Å². The fraction of sp³-hybridized carbons (Fsp3) is 0.733. The molecule has 7 heteroatoms. The van der Waals surface area contributed by atoms with Crippen molar-refractivity contribution in [3.63, 3.8) is 0 Å². The fourth-order valence-corrected chi connectivity index (χ4v) is 4.25. The Morgan fingerprint density at radius 3 is 2.35 bits per heavy atom. The van der Waals surface area contributed by atoms with Gasteiger partial charge in [0, 0.05) is 18.5 Å². The van der Waals surface area contributed by atoms with Gasteiger partial charge in [0.2, 0.25) is 5.91 Å². The molecule has 0 fully saturated rings. The van der Waals surface area contributed by atoms with Gasteiger partial charge in [0.05, 0.1) is 12.7 Å². The lowest BCUT2D eigenvalue weighted by molar-refractivity contribution is -0.145. The zero-order valence-corrected chi connectivity index (χ0v) is 24.4. The molecule has 1 rings (SSSR count). The summed E-state index contributed by atoms with van der Waals surface area (Å²) in [7, 11) is 0. The van der Waals surface area contributed by atoms with E-state index in [1.165, 1.54) is 0 Å². The SMILES string of the molecule is CCCCNC(=O)C(C)C[C@H](O)[C@@H](N)C[C@H](Cc1ccc(C(C)(C)C)cc1OCC(=O)OCC)C(C)C. The fourth-order valence-electron chi connectivity index (χ4n) is 4.25. The third kappa shape index (κ3) is 11.9. The van der Waals surface area contributed by atoms with Crippen molar-refractivity contribution >= 4 is 11.9 Å². The van der Waals surface area contributed by atoms with Crippen molar-refractivity contribution in [1.82, 2.24) is 5.32 Å². The van der Waals surface area contributed by atoms with Crippen LogP contribution in [0.4, 0.5) is 0 Å². The Hall–Kier alpha value is -2.12. The molecule has 4 atom stereocenters. The summed E-state index contributed by atoms with van der Waals surface area (Å²) in [5, 5.41) is 13.7. The number of hydrogen-bond donors (Lipinski definition) is 3. The van der Waals surface area contributed by atoms with Crippen LogP contribution in [0, 0.1) is 17.8 Å². The maximum atomic E-state index is 12.3. The van der Waals surface area contributed by atoms with E-state index in [2.05, 4.69) is 59.0 Å². The van der Waals surface area contributed by atoms with Crippen LogP contribution in [0.3, 0.4) is 0 Å². The van der Waals surface area contributed by atoms with Crippen LogP contribution in [0.25, 0.3) is 0 Å². The Morgan fingerprint density at radius 1 is 1.11 bits per heavy atom. The van der Waals surface area contributed by atoms with Gasteiger partial charge in [-0.05, 0) is 67.1 Å². The molecule has 0 saturated carbocycles. The van der Waals surface area contributed by atoms with Gasteiger partial charge in [-0.2, -0.15) is 0 Å². The van der Waals surface area contributed by atoms with Gasteiger partial charge < -0.3 is 25.6 Å². The maximum absolute atomic E-state index is 12.3. The van der Waals surface area contributed by atoms with Gasteiger partial charge in [-0.3, -0.25) is 4.79 Å². The van der Waals surface area contributed by atoms with Crippen LogP contribution in [-0.4, -0.2) is 48.9 Å². The monoisotopic (exact) mass is 520 g/mol. The summed E-state index contributed by atoms with van der Waals surface area (Å²) < 4.78 is 11.0. The predicted octanol–water partition coefficient (Wildman–Crippen LogP) is 4.76. The van der Waals surface area contributed by atoms with Gasteiger partial charge in [0.15, 0.2) is 6.61 Å². The van der Waals surface area contributed by atoms with Crippen LogP contribution < -0.4 is 15.8 Å². The molecule has 0 bridgehead atoms. The zero-order valence-electron chi connectivity index (χ0n) is 24.4. The Kier molecular flexibility index (Phi) is 14.2. The normalized spacial score (nSPS) is 15.1. The molecule has 1 aromatic rings. The Morgan fingerprint density at radius 2 is 1.78 bits per heavy atom. The number of hydrogen-bond acceptors (Lipinski definition) is 6. The van der Waals surface area contributed by atoms with Gasteiger partial charge >= 0.3 is 5.97 Å². The smallest absolute Gasteiger partial charge is 0.344 e. The summed E-state index contributed by atoms with van der Waals surface area (Å²) in [6.45, 7) is 17.2. The second-order valence-electron chi connectivity index (χ2n) is 11.6. The number of nitrogens with two attached hydrogens (primary N) is 1. The second-order valence-corrected chi connectivity index (χ2v) is 11.6. The largest absolute Gasteiger partial charge is 0.482 e. The molecule has 0 aromatic heterocycles. The highest BCUT2D eigenvalue weighted by atomic mass is 16.6. The molecule has 1 aromatic carbocycles. The topological polar surface area (TPSA) is 111 Å². The van der Waals surface area contributed by atoms with Gasteiger partial charge in [0.25, 0.3) is 0 Å². The molecule has 37 heavy (non-hydrogen) atoms. The van der Waals surface area contributed by atoms with Crippen LogP contribution in [0.1, 0.15) is 92.2 Å². The molecule has 0 aliphatic heterocycles. The third-order valence-electron chi connectivity index (χ3n) is 6.95. The van der Waals surface area contributed by atoms with Crippen LogP contribution >= 0.6 is 0 Å². The Labute approximate surface area is 224 Å². The molecule has 0 radical (unpaired) electrons. The van der Waals surface area contributed by atoms with Crippen LogP contribution in [0.2, 0.25) is 0 Å². The minimum Gasteiger partial charge on any atom is -0.482 e. The standard InChI is InChI=1S/C30H52N2O5/c1-9-11-14-32-29(35)21(5)15-26(33)25(31)17-23(20(3)4)16-22-12-13-24(30(6,7)8)18-27(22)37-19-28(34)36-10-2/h12-13,18,20-21,23,25-26,33H,9-11,14-17,19,31H2,1-8H3,(H,32,35)/t21?,23-,25-,26-/m0/s1. The number of carbonyl (C=O) groups is 2. The van der Waals surface area contributed by atoms with Crippen molar-refractivity contribution in [3.8, 4) is 5.75 Å². The molecule has 0 aliphatic carbocycles. The van der Waals surface area contributed by atoms with Crippen LogP contribution in [0.5, 0.6) is 5.75 Å². The van der Waals surface area contributed by atoms with Crippen molar-refractivity contribution in [1.29, 1.82) is 0 Å². The molecule has 0 spiro atoms. The zero-order chi connectivity index (χ0) is 28.2. The first kappa shape index (κ1) is 32.9. The van der Waals surface area contributed by atoms with E-state index in [9.17, 15) is 14.7 Å². The van der Waals surface area contributed by atoms with Crippen LogP contribution in [0.15, 0.2) is 18.2 Å². The summed E-state index contributed by atoms with van der Waals surface area (Å²) in [6.07, 6.45) is 2.84. The number of ether oxygens (including phenoxy) is 2. The molecule has 0 aliphatic rings. The van der Waals surface area contributed by atoms with Gasteiger partial charge in [-0.15, -0.1) is 0 Å². The number of benzene rings is 1. The van der Waals surface area contributed by atoms with Crippen molar-refractivity contribution in [2.75, 3.05) is 19.8 Å². The van der Waals surface area contributed by atoms with Gasteiger partial charge in [-0.1, -0.05) is 67.0 Å². The van der Waals surface area contributed by atoms with Crippen molar-refractivity contribution in [2.24, 2.45) is 23.5 Å². The first-order chi connectivity index (χ1) is 17.3. The Balaban J connectivity index is 2.96. The summed E-state index contributed by atoms with van der Waals surface area (Å²) >= 11 is 0. The molecule has 1 unspecified atom stereocenters. The van der Waals surface area contributed by atoms with E-state index in [0.717, 1.165) is 24.0 Å². The second kappa shape index (κ2) is 16.0. The van der Waals surface area contributed by atoms with E-state index < -0.39 is 18.1 Å². The number of unbranched alkanes of at least 4 members (excludes halogenated alkanes) is 1. The molecule has 0 saturated heterocycles. The van der Waals surface area contributed by atoms with Gasteiger partial charge in [0.1, 0.15) is 5.75 Å². The molecule has 0 heterocycles. The lowest BCUT2D eigenvalue weighted by Crippen LogP contribution is -2.41. The lowest BCUT2D eigenvalue weighted by atomic mass is 9.81. The number of amides is 1. The minimum atomic E-state index is -0.768. The number of aliphatic hydroxyl groups excluding tert-OH is 1. The summed E-state index contributed by atoms with van der Waals surface area (Å²) in [4.78, 5) is 24.3. The highest BCUT2D eigenvalue weighted by Gasteiger charge is 2.27. The summed E-state index contributed by atoms with van der Waals surface area (Å²) in [6, 6.07) is 5.74. The van der Waals surface area contributed by atoms with Crippen LogP contribution in [-0.2, 0) is 26.2 Å². The number of carbonyl (C=O) groups excluding carboxylic acids is 2. The number of nitrogens with one attached hydrogen (secondary N) is 1. The maximum Gasteiger partial charge on any atom is 0.344 e. The number of rotatable bonds is 16. The molecular formula is C30H52N2O5. The summed E-state index contributed by atoms with van der Waals surface area (Å²) in [5.74, 6) is 0.438. The van der Waals surface area contributed by atoms with E-state index in [1.807, 2.05) is 13.0 Å². The average Bonchev–Trinajstić information content (AvgIpc) is 2.82. The first-order valence-corrected chi connectivity index (χ1v) is 13.9. The highest BCUT2D eigenvalue weighted by molar-refractivity contribution is 5.78. The quantitative estimate of drug-likeness (QED) is 0.214. The van der Waals surface area contributed by atoms with Gasteiger partial charge in [-0.25, -0.2) is 4.79 Å². The molecule has 212 valence electrons. The third-order valence-corrected chi connectivity index (χ3v) is 6.95. The molecule has 7 nitrogen and oxygen atoms in total. The van der Waals surface area contributed by atoms with E-state index in [0.29, 0.717) is 44.1 Å². The summed E-state index contributed by atoms with van der Waals surface area (Å²) in [5.41, 5.74) is 8.51. The minimum absolute atomic E-state index is 0.0394. The molecule has 1 amide bonds. The van der Waals surface area contributed by atoms with Crippen molar-refractivity contribution in [3.05, 3.63) is 29.3 Å².